The van der Waals surface area contributed by atoms with Crippen LogP contribution in [0.1, 0.15) is 18.4 Å². The predicted octanol–water partition coefficient (Wildman–Crippen LogP) is 2.52. The van der Waals surface area contributed by atoms with Gasteiger partial charge in [-0.3, -0.25) is 14.9 Å². The first-order valence-electron chi connectivity index (χ1n) is 6.85. The van der Waals surface area contributed by atoms with Crippen molar-refractivity contribution in [1.29, 1.82) is 0 Å². The molecule has 0 atom stereocenters. The number of rotatable bonds is 6. The number of hydrogen-bond acceptors (Lipinski definition) is 4. The van der Waals surface area contributed by atoms with E-state index in [-0.39, 0.29) is 11.6 Å². The number of halogens is 1. The highest BCUT2D eigenvalue weighted by atomic mass is 35.5. The predicted molar refractivity (Wildman–Crippen MR) is 79.9 cm³/mol. The molecule has 21 heavy (non-hydrogen) atoms. The van der Waals surface area contributed by atoms with Crippen LogP contribution >= 0.6 is 11.6 Å². The number of aryl methyl sites for hydroxylation is 1. The van der Waals surface area contributed by atoms with Gasteiger partial charge < -0.3 is 9.64 Å². The van der Waals surface area contributed by atoms with Crippen molar-refractivity contribution in [2.75, 3.05) is 30.5 Å². The number of anilines is 1. The molecule has 0 aliphatic carbocycles. The largest absolute Gasteiger partial charge is 0.378 e. The molecule has 114 valence electrons. The van der Waals surface area contributed by atoms with E-state index in [4.69, 9.17) is 16.3 Å². The molecule has 1 amide bonds. The molecule has 0 fully saturated rings. The van der Waals surface area contributed by atoms with Crippen LogP contribution in [0.3, 0.4) is 0 Å². The normalized spacial score (nSPS) is 14.7. The van der Waals surface area contributed by atoms with Crippen LogP contribution in [0.15, 0.2) is 18.2 Å². The number of fused-ring (bicyclic) bond motifs is 1. The third kappa shape index (κ3) is 3.92. The molecule has 6 nitrogen and oxygen atoms in total. The Balaban J connectivity index is 2.20. The van der Waals surface area contributed by atoms with Crippen LogP contribution < -0.4 is 4.90 Å². The summed E-state index contributed by atoms with van der Waals surface area (Å²) < 4.78 is 5.32. The summed E-state index contributed by atoms with van der Waals surface area (Å²) in [4.78, 5) is 24.3. The zero-order valence-corrected chi connectivity index (χ0v) is 12.3. The van der Waals surface area contributed by atoms with Gasteiger partial charge in [0, 0.05) is 36.7 Å². The molecule has 0 radical (unpaired) electrons. The number of carbonyl (C=O) groups is 1. The first-order chi connectivity index (χ1) is 10.1. The van der Waals surface area contributed by atoms with Crippen LogP contribution in [-0.2, 0) is 16.0 Å². The van der Waals surface area contributed by atoms with Gasteiger partial charge in [0.05, 0.1) is 18.1 Å². The Bertz CT molecular complexity index is 536. The lowest BCUT2D eigenvalue weighted by Gasteiger charge is -2.22. The fourth-order valence-electron chi connectivity index (χ4n) is 2.41. The fraction of sp³-hybridized carbons (Fsp3) is 0.500. The van der Waals surface area contributed by atoms with Crippen LogP contribution in [0.5, 0.6) is 0 Å². The molecule has 1 aromatic rings. The minimum atomic E-state index is -0.416. The van der Waals surface area contributed by atoms with Crippen LogP contribution in [0.25, 0.3) is 0 Å². The van der Waals surface area contributed by atoms with Gasteiger partial charge in [-0.05, 0) is 24.5 Å². The molecule has 0 saturated heterocycles. The van der Waals surface area contributed by atoms with Crippen molar-refractivity contribution in [3.05, 3.63) is 33.9 Å². The van der Waals surface area contributed by atoms with Crippen LogP contribution in [0.4, 0.5) is 11.4 Å². The number of non-ortho nitro benzene ring substituents is 1. The van der Waals surface area contributed by atoms with Gasteiger partial charge in [0.15, 0.2) is 0 Å². The second kappa shape index (κ2) is 7.38. The van der Waals surface area contributed by atoms with Gasteiger partial charge in [0.25, 0.3) is 5.69 Å². The number of carbonyl (C=O) groups excluding carboxylic acids is 1. The van der Waals surface area contributed by atoms with Crippen molar-refractivity contribution in [3.63, 3.8) is 0 Å². The average molecular weight is 313 g/mol. The Morgan fingerprint density at radius 3 is 2.86 bits per heavy atom. The number of nitrogens with zero attached hydrogens (tertiary/aromatic N) is 2. The zero-order chi connectivity index (χ0) is 15.2. The summed E-state index contributed by atoms with van der Waals surface area (Å²) in [7, 11) is 0. The standard InChI is InChI=1S/C14H17ClN2O4/c15-6-8-21-9-7-16-13-5-4-12(17(19)20)10-11(13)2-1-3-14(16)18/h4-5,10H,1-3,6-9H2. The number of benzene rings is 1. The lowest BCUT2D eigenvalue weighted by Crippen LogP contribution is -2.33. The third-order valence-corrected chi connectivity index (χ3v) is 3.54. The maximum atomic E-state index is 12.2. The molecule has 0 unspecified atom stereocenters. The summed E-state index contributed by atoms with van der Waals surface area (Å²) in [6.07, 6.45) is 1.81. The van der Waals surface area contributed by atoms with Gasteiger partial charge in [-0.15, -0.1) is 11.6 Å². The highest BCUT2D eigenvalue weighted by Crippen LogP contribution is 2.30. The Kier molecular flexibility index (Phi) is 5.52. The van der Waals surface area contributed by atoms with E-state index >= 15 is 0 Å². The second-order valence-corrected chi connectivity index (χ2v) is 5.15. The average Bonchev–Trinajstić information content (AvgIpc) is 2.62. The second-order valence-electron chi connectivity index (χ2n) is 4.77. The zero-order valence-electron chi connectivity index (χ0n) is 11.6. The van der Waals surface area contributed by atoms with E-state index in [1.807, 2.05) is 0 Å². The molecule has 1 aliphatic heterocycles. The van der Waals surface area contributed by atoms with E-state index in [0.29, 0.717) is 44.9 Å². The lowest BCUT2D eigenvalue weighted by molar-refractivity contribution is -0.384. The van der Waals surface area contributed by atoms with Gasteiger partial charge in [-0.1, -0.05) is 0 Å². The molecule has 0 N–H and O–H groups in total. The van der Waals surface area contributed by atoms with Crippen molar-refractivity contribution in [2.24, 2.45) is 0 Å². The van der Waals surface area contributed by atoms with E-state index in [2.05, 4.69) is 0 Å². The van der Waals surface area contributed by atoms with Gasteiger partial charge in [-0.2, -0.15) is 0 Å². The fourth-order valence-corrected chi connectivity index (χ4v) is 2.52. The molecule has 1 aromatic carbocycles. The lowest BCUT2D eigenvalue weighted by atomic mass is 10.1. The van der Waals surface area contributed by atoms with Gasteiger partial charge >= 0.3 is 0 Å². The molecule has 1 heterocycles. The van der Waals surface area contributed by atoms with Gasteiger partial charge in [0.2, 0.25) is 5.91 Å². The minimum absolute atomic E-state index is 0.0251. The minimum Gasteiger partial charge on any atom is -0.378 e. The van der Waals surface area contributed by atoms with Crippen molar-refractivity contribution >= 4 is 28.9 Å². The monoisotopic (exact) mass is 312 g/mol. The van der Waals surface area contributed by atoms with Crippen LogP contribution in [0.2, 0.25) is 0 Å². The van der Waals surface area contributed by atoms with E-state index in [9.17, 15) is 14.9 Å². The number of amides is 1. The van der Waals surface area contributed by atoms with Crippen LogP contribution in [-0.4, -0.2) is 36.5 Å². The Labute approximate surface area is 127 Å². The van der Waals surface area contributed by atoms with Crippen LogP contribution in [0, 0.1) is 10.1 Å². The van der Waals surface area contributed by atoms with Crippen molar-refractivity contribution in [1.82, 2.24) is 0 Å². The van der Waals surface area contributed by atoms with Gasteiger partial charge in [-0.25, -0.2) is 0 Å². The SMILES string of the molecule is O=C1CCCc2cc([N+](=O)[O-])ccc2N1CCOCCCl. The summed E-state index contributed by atoms with van der Waals surface area (Å²) in [5.41, 5.74) is 1.64. The van der Waals surface area contributed by atoms with Crippen molar-refractivity contribution in [3.8, 4) is 0 Å². The summed E-state index contributed by atoms with van der Waals surface area (Å²) in [5, 5.41) is 10.9. The Morgan fingerprint density at radius 1 is 1.33 bits per heavy atom. The van der Waals surface area contributed by atoms with E-state index in [1.165, 1.54) is 6.07 Å². The smallest absolute Gasteiger partial charge is 0.269 e. The number of nitro benzene ring substituents is 1. The quantitative estimate of drug-likeness (QED) is 0.350. The summed E-state index contributed by atoms with van der Waals surface area (Å²) >= 11 is 5.54. The van der Waals surface area contributed by atoms with Crippen molar-refractivity contribution < 1.29 is 14.5 Å². The van der Waals surface area contributed by atoms with Gasteiger partial charge in [0.1, 0.15) is 0 Å². The molecule has 2 rings (SSSR count). The Hall–Kier alpha value is -1.66. The number of ether oxygens (including phenoxy) is 1. The number of alkyl halides is 1. The summed E-state index contributed by atoms with van der Waals surface area (Å²) in [5.74, 6) is 0.438. The van der Waals surface area contributed by atoms with E-state index in [0.717, 1.165) is 11.3 Å². The molecular weight excluding hydrogens is 296 g/mol. The first-order valence-corrected chi connectivity index (χ1v) is 7.38. The maximum Gasteiger partial charge on any atom is 0.269 e. The molecule has 1 aliphatic rings. The number of nitro groups is 1. The number of hydrogen-bond donors (Lipinski definition) is 0. The summed E-state index contributed by atoms with van der Waals surface area (Å²) in [6, 6.07) is 4.64. The van der Waals surface area contributed by atoms with Crippen molar-refractivity contribution in [2.45, 2.75) is 19.3 Å². The molecular formula is C14H17ClN2O4. The van der Waals surface area contributed by atoms with E-state index in [1.54, 1.807) is 17.0 Å². The highest BCUT2D eigenvalue weighted by molar-refractivity contribution is 6.17. The van der Waals surface area contributed by atoms with E-state index < -0.39 is 4.92 Å². The Morgan fingerprint density at radius 2 is 2.14 bits per heavy atom. The molecule has 0 aromatic heterocycles. The highest BCUT2D eigenvalue weighted by Gasteiger charge is 2.23. The first kappa shape index (κ1) is 15.7. The molecule has 0 bridgehead atoms. The topological polar surface area (TPSA) is 72.7 Å². The summed E-state index contributed by atoms with van der Waals surface area (Å²) in [6.45, 7) is 1.27. The maximum absolute atomic E-state index is 12.2. The molecule has 7 heteroatoms. The molecule has 0 spiro atoms. The third-order valence-electron chi connectivity index (χ3n) is 3.38. The molecule has 0 saturated carbocycles.